The van der Waals surface area contributed by atoms with Crippen molar-refractivity contribution >= 4 is 29.8 Å². The summed E-state index contributed by atoms with van der Waals surface area (Å²) in [5.41, 5.74) is 35.5. The summed E-state index contributed by atoms with van der Waals surface area (Å²) < 4.78 is 0. The maximum Gasteiger partial charge on any atom is 0.320 e. The van der Waals surface area contributed by atoms with Crippen molar-refractivity contribution in [2.45, 2.75) is 50.7 Å². The van der Waals surface area contributed by atoms with Gasteiger partial charge in [-0.3, -0.25) is 24.4 Å². The summed E-state index contributed by atoms with van der Waals surface area (Å²) in [6, 6.07) is -2.37. The Morgan fingerprint density at radius 1 is 0.700 bits per heavy atom. The summed E-state index contributed by atoms with van der Waals surface area (Å²) in [6.07, 6.45) is 1.91. The lowest BCUT2D eigenvalue weighted by molar-refractivity contribution is -0.139. The van der Waals surface area contributed by atoms with Gasteiger partial charge < -0.3 is 55.5 Å². The monoisotopic (exact) mass is 437 g/mol. The molecule has 0 amide bonds. The number of aliphatic imine (C=N–C) groups is 2. The molecule has 0 rings (SSSR count). The molecule has 0 aliphatic rings. The second-order valence-electron chi connectivity index (χ2n) is 5.91. The third-order valence-corrected chi connectivity index (χ3v) is 2.96. The molecule has 0 saturated carbocycles. The van der Waals surface area contributed by atoms with Gasteiger partial charge >= 0.3 is 17.9 Å². The number of carboxylic acid groups (broad SMARTS) is 3. The molecule has 17 N–H and O–H groups in total. The van der Waals surface area contributed by atoms with Crippen LogP contribution >= 0.6 is 0 Å². The van der Waals surface area contributed by atoms with E-state index in [1.54, 1.807) is 0 Å². The van der Waals surface area contributed by atoms with E-state index in [1.165, 1.54) is 6.92 Å². The van der Waals surface area contributed by atoms with Gasteiger partial charge in [0.1, 0.15) is 18.1 Å². The molecule has 176 valence electrons. The molecule has 0 radical (unpaired) electrons. The summed E-state index contributed by atoms with van der Waals surface area (Å²) in [5.74, 6) is -2.94. The molecule has 0 aromatic heterocycles. The SMILES string of the molecule is C[C@H](N)C(=O)O.NC(N)=NCCC[C@H](N)C(=O)O.NC(N)=NCCC[C@H](N)C(=O)O. The van der Waals surface area contributed by atoms with E-state index in [0.717, 1.165) is 0 Å². The van der Waals surface area contributed by atoms with E-state index in [9.17, 15) is 14.4 Å². The zero-order valence-corrected chi connectivity index (χ0v) is 17.0. The second-order valence-corrected chi connectivity index (χ2v) is 5.91. The molecule has 0 fully saturated rings. The normalized spacial score (nSPS) is 12.4. The van der Waals surface area contributed by atoms with Gasteiger partial charge in [-0.1, -0.05) is 0 Å². The summed E-state index contributed by atoms with van der Waals surface area (Å²) in [4.78, 5) is 37.4. The van der Waals surface area contributed by atoms with Gasteiger partial charge in [-0.25, -0.2) is 0 Å². The Balaban J connectivity index is -0.000000386. The van der Waals surface area contributed by atoms with Crippen LogP contribution in [0.1, 0.15) is 32.6 Å². The highest BCUT2D eigenvalue weighted by molar-refractivity contribution is 5.76. The maximum atomic E-state index is 10.2. The van der Waals surface area contributed by atoms with Crippen molar-refractivity contribution < 1.29 is 29.7 Å². The number of nitrogens with two attached hydrogens (primary N) is 7. The first-order valence-corrected chi connectivity index (χ1v) is 8.78. The van der Waals surface area contributed by atoms with E-state index in [0.29, 0.717) is 38.8 Å². The van der Waals surface area contributed by atoms with Gasteiger partial charge in [0.25, 0.3) is 0 Å². The number of carboxylic acids is 3. The lowest BCUT2D eigenvalue weighted by Gasteiger charge is -2.03. The number of nitrogens with zero attached hydrogens (tertiary/aromatic N) is 2. The molecule has 0 aromatic rings. The average Bonchev–Trinajstić information content (AvgIpc) is 2.62. The van der Waals surface area contributed by atoms with Crippen molar-refractivity contribution in [3.8, 4) is 0 Å². The fourth-order valence-corrected chi connectivity index (χ4v) is 1.29. The summed E-state index contributed by atoms with van der Waals surface area (Å²) >= 11 is 0. The molecule has 0 aliphatic carbocycles. The minimum Gasteiger partial charge on any atom is -0.480 e. The zero-order chi connectivity index (χ0) is 24.3. The van der Waals surface area contributed by atoms with Gasteiger partial charge in [0.05, 0.1) is 0 Å². The highest BCUT2D eigenvalue weighted by Crippen LogP contribution is 1.95. The Labute approximate surface area is 174 Å². The van der Waals surface area contributed by atoms with Crippen LogP contribution in [0.15, 0.2) is 9.98 Å². The predicted octanol–water partition coefficient (Wildman–Crippen LogP) is -3.68. The molecule has 15 heteroatoms. The number of rotatable bonds is 11. The van der Waals surface area contributed by atoms with Gasteiger partial charge in [-0.05, 0) is 32.6 Å². The number of aliphatic carboxylic acids is 3. The molecule has 0 unspecified atom stereocenters. The van der Waals surface area contributed by atoms with Crippen LogP contribution < -0.4 is 40.1 Å². The Kier molecular flexibility index (Phi) is 20.1. The molecule has 0 aromatic carbocycles. The molecule has 15 nitrogen and oxygen atoms in total. The standard InChI is InChI=1S/2C6H14N4O2.C3H7NO2/c2*7-4(5(11)12)2-1-3-10-6(8)9;1-2(4)3(5)6/h2*4H,1-3,7H2,(H,11,12)(H4,8,9,10);2H,4H2,1H3,(H,5,6)/t2*4-;2-/m000/s1. The summed E-state index contributed by atoms with van der Waals surface area (Å²) in [7, 11) is 0. The third kappa shape index (κ3) is 27.1. The largest absolute Gasteiger partial charge is 0.480 e. The van der Waals surface area contributed by atoms with Crippen LogP contribution in [0, 0.1) is 0 Å². The van der Waals surface area contributed by atoms with Crippen LogP contribution in [-0.2, 0) is 14.4 Å². The van der Waals surface area contributed by atoms with Crippen molar-refractivity contribution in [2.24, 2.45) is 50.1 Å². The van der Waals surface area contributed by atoms with E-state index in [2.05, 4.69) is 9.98 Å². The second kappa shape index (κ2) is 19.2. The molecule has 0 heterocycles. The van der Waals surface area contributed by atoms with Gasteiger partial charge in [0.15, 0.2) is 11.9 Å². The Hall–Kier alpha value is -3.17. The average molecular weight is 438 g/mol. The molecular formula is C15H35N9O6. The molecule has 30 heavy (non-hydrogen) atoms. The van der Waals surface area contributed by atoms with E-state index >= 15 is 0 Å². The summed E-state index contributed by atoms with van der Waals surface area (Å²) in [5, 5.41) is 24.6. The number of guanidine groups is 2. The molecule has 0 aliphatic heterocycles. The van der Waals surface area contributed by atoms with Crippen LogP contribution in [0.2, 0.25) is 0 Å². The smallest absolute Gasteiger partial charge is 0.320 e. The van der Waals surface area contributed by atoms with Gasteiger partial charge in [-0.15, -0.1) is 0 Å². The fraction of sp³-hybridized carbons (Fsp3) is 0.667. The van der Waals surface area contributed by atoms with Crippen LogP contribution in [0.4, 0.5) is 0 Å². The van der Waals surface area contributed by atoms with Crippen LogP contribution in [-0.4, -0.2) is 76.4 Å². The zero-order valence-electron chi connectivity index (χ0n) is 17.0. The first-order chi connectivity index (χ1) is 13.7. The van der Waals surface area contributed by atoms with Crippen molar-refractivity contribution in [1.29, 1.82) is 0 Å². The quantitative estimate of drug-likeness (QED) is 0.0846. The first-order valence-electron chi connectivity index (χ1n) is 8.78. The number of hydrogen-bond acceptors (Lipinski definition) is 8. The van der Waals surface area contributed by atoms with Crippen LogP contribution in [0.3, 0.4) is 0 Å². The van der Waals surface area contributed by atoms with E-state index in [4.69, 9.17) is 55.5 Å². The predicted molar refractivity (Wildman–Crippen MR) is 112 cm³/mol. The third-order valence-electron chi connectivity index (χ3n) is 2.96. The highest BCUT2D eigenvalue weighted by atomic mass is 16.4. The minimum atomic E-state index is -1.00. The van der Waals surface area contributed by atoms with Crippen molar-refractivity contribution in [3.63, 3.8) is 0 Å². The lowest BCUT2D eigenvalue weighted by Crippen LogP contribution is -2.30. The number of hydrogen-bond donors (Lipinski definition) is 10. The fourth-order valence-electron chi connectivity index (χ4n) is 1.29. The van der Waals surface area contributed by atoms with Crippen molar-refractivity contribution in [3.05, 3.63) is 0 Å². The number of carbonyl (C=O) groups is 3. The molecule has 0 spiro atoms. The van der Waals surface area contributed by atoms with E-state index in [-0.39, 0.29) is 11.9 Å². The minimum absolute atomic E-state index is 0.0129. The molecule has 0 bridgehead atoms. The van der Waals surface area contributed by atoms with E-state index in [1.807, 2.05) is 0 Å². The maximum absolute atomic E-state index is 10.2. The van der Waals surface area contributed by atoms with Gasteiger partial charge in [0.2, 0.25) is 0 Å². The highest BCUT2D eigenvalue weighted by Gasteiger charge is 2.10. The molecule has 0 saturated heterocycles. The van der Waals surface area contributed by atoms with Crippen LogP contribution in [0.25, 0.3) is 0 Å². The van der Waals surface area contributed by atoms with Crippen molar-refractivity contribution in [1.82, 2.24) is 0 Å². The van der Waals surface area contributed by atoms with Gasteiger partial charge in [0, 0.05) is 13.1 Å². The van der Waals surface area contributed by atoms with E-state index < -0.39 is 36.0 Å². The van der Waals surface area contributed by atoms with Crippen molar-refractivity contribution in [2.75, 3.05) is 13.1 Å². The Bertz CT molecular complexity index is 521. The molecule has 3 atom stereocenters. The summed E-state index contributed by atoms with van der Waals surface area (Å²) in [6.45, 7) is 2.26. The Morgan fingerprint density at radius 3 is 1.13 bits per heavy atom. The first kappa shape index (κ1) is 31.5. The van der Waals surface area contributed by atoms with Gasteiger partial charge in [-0.2, -0.15) is 0 Å². The topological polar surface area (TPSA) is 319 Å². The van der Waals surface area contributed by atoms with Crippen LogP contribution in [0.5, 0.6) is 0 Å². The molecular weight excluding hydrogens is 402 g/mol. The Morgan fingerprint density at radius 2 is 0.967 bits per heavy atom. The lowest BCUT2D eigenvalue weighted by atomic mass is 10.2.